The number of hydrogen-bond donors (Lipinski definition) is 4. The van der Waals surface area contributed by atoms with E-state index in [1.165, 1.54) is 0 Å². The van der Waals surface area contributed by atoms with E-state index in [2.05, 4.69) is 25.6 Å². The van der Waals surface area contributed by atoms with Crippen LogP contribution in [0, 0.1) is 0 Å². The molecule has 2 fully saturated rings. The van der Waals surface area contributed by atoms with Gasteiger partial charge < -0.3 is 25.7 Å². The Labute approximate surface area is 235 Å². The van der Waals surface area contributed by atoms with Crippen LogP contribution in [0.15, 0.2) is 24.5 Å². The number of piperazine rings is 1. The minimum absolute atomic E-state index is 0.0575. The first kappa shape index (κ1) is 31.9. The van der Waals surface area contributed by atoms with Crippen molar-refractivity contribution in [3.05, 3.63) is 24.5 Å². The van der Waals surface area contributed by atoms with Crippen LogP contribution in [0.1, 0.15) is 39.0 Å². The van der Waals surface area contributed by atoms with Crippen LogP contribution >= 0.6 is 0 Å². The molecule has 0 radical (unpaired) electrons. The molecule has 2 aromatic rings. The fourth-order valence-electron chi connectivity index (χ4n) is 4.29. The molecule has 0 aromatic carbocycles. The normalized spacial score (nSPS) is 20.6. The maximum atomic E-state index is 13.7. The number of amides is 1. The van der Waals surface area contributed by atoms with Crippen LogP contribution in [0.25, 0.3) is 11.3 Å². The third-order valence-electron chi connectivity index (χ3n) is 6.74. The Bertz CT molecular complexity index is 1160. The first-order valence-corrected chi connectivity index (χ1v) is 13.3. The van der Waals surface area contributed by atoms with Crippen molar-refractivity contribution in [2.75, 3.05) is 48.8 Å². The molecule has 1 amide bonds. The highest BCUT2D eigenvalue weighted by Gasteiger charge is 2.38. The number of carbonyl (C=O) groups is 2. The van der Waals surface area contributed by atoms with Gasteiger partial charge >= 0.3 is 12.1 Å². The molecule has 0 unspecified atom stereocenters. The quantitative estimate of drug-likeness (QED) is 0.341. The summed E-state index contributed by atoms with van der Waals surface area (Å²) in [6, 6.07) is 3.95. The van der Waals surface area contributed by atoms with Gasteiger partial charge in [-0.25, -0.2) is 14.2 Å². The smallest absolute Gasteiger partial charge is 0.475 e. The van der Waals surface area contributed by atoms with E-state index in [-0.39, 0.29) is 24.6 Å². The maximum absolute atomic E-state index is 13.7. The number of anilines is 3. The number of alkyl halides is 4. The minimum atomic E-state index is -5.08. The van der Waals surface area contributed by atoms with Crippen molar-refractivity contribution >= 4 is 29.3 Å². The Kier molecular flexibility index (Phi) is 11.2. The molecule has 4 rings (SSSR count). The van der Waals surface area contributed by atoms with Crippen LogP contribution in [-0.4, -0.2) is 99.7 Å². The van der Waals surface area contributed by atoms with Gasteiger partial charge in [0.1, 0.15) is 12.0 Å². The highest BCUT2D eigenvalue weighted by Crippen LogP contribution is 2.30. The number of halogens is 4. The summed E-state index contributed by atoms with van der Waals surface area (Å²) in [6.07, 6.45) is 0.698. The van der Waals surface area contributed by atoms with Crippen LogP contribution in [-0.2, 0) is 9.59 Å². The van der Waals surface area contributed by atoms with E-state index in [4.69, 9.17) is 9.90 Å². The van der Waals surface area contributed by atoms with E-state index in [9.17, 15) is 27.5 Å². The number of aliphatic hydroxyl groups is 1. The van der Waals surface area contributed by atoms with Crippen molar-refractivity contribution in [3.63, 3.8) is 0 Å². The zero-order valence-electron chi connectivity index (χ0n) is 22.9. The molecule has 0 bridgehead atoms. The van der Waals surface area contributed by atoms with Gasteiger partial charge in [-0.1, -0.05) is 6.92 Å². The van der Waals surface area contributed by atoms with Crippen molar-refractivity contribution in [1.29, 1.82) is 0 Å². The Balaban J connectivity index is 0.000000587. The van der Waals surface area contributed by atoms with Crippen LogP contribution in [0.2, 0.25) is 0 Å². The van der Waals surface area contributed by atoms with Crippen molar-refractivity contribution < 1.29 is 37.4 Å². The number of likely N-dealkylation sites (N-methyl/N-ethyl adjacent to an activating group) is 1. The zero-order chi connectivity index (χ0) is 30.2. The third-order valence-corrected chi connectivity index (χ3v) is 6.74. The molecule has 15 heteroatoms. The number of hydrogen-bond acceptors (Lipinski definition) is 9. The maximum Gasteiger partial charge on any atom is 0.490 e. The van der Waals surface area contributed by atoms with Crippen LogP contribution in [0.5, 0.6) is 0 Å². The topological polar surface area (TPSA) is 144 Å². The molecule has 1 aliphatic carbocycles. The van der Waals surface area contributed by atoms with Gasteiger partial charge in [-0.15, -0.1) is 0 Å². The van der Waals surface area contributed by atoms with E-state index >= 15 is 0 Å². The number of rotatable bonds is 8. The molecule has 4 N–H and O–H groups in total. The Morgan fingerprint density at radius 3 is 2.39 bits per heavy atom. The predicted octanol–water partition coefficient (Wildman–Crippen LogP) is 3.33. The fourth-order valence-corrected chi connectivity index (χ4v) is 4.29. The largest absolute Gasteiger partial charge is 0.490 e. The van der Waals surface area contributed by atoms with E-state index in [1.54, 1.807) is 24.2 Å². The summed E-state index contributed by atoms with van der Waals surface area (Å²) in [5, 5.41) is 23.4. The van der Waals surface area contributed by atoms with E-state index in [0.717, 1.165) is 43.5 Å². The molecule has 1 atom stereocenters. The molecular weight excluding hydrogens is 550 g/mol. The van der Waals surface area contributed by atoms with Gasteiger partial charge in [0, 0.05) is 31.9 Å². The summed E-state index contributed by atoms with van der Waals surface area (Å²) in [5.74, 6) is -1.71. The summed E-state index contributed by atoms with van der Waals surface area (Å²) in [7, 11) is 1.94. The van der Waals surface area contributed by atoms with Gasteiger partial charge in [0.05, 0.1) is 35.8 Å². The number of aromatic nitrogens is 3. The lowest BCUT2D eigenvalue weighted by Gasteiger charge is -2.32. The molecule has 226 valence electrons. The van der Waals surface area contributed by atoms with Gasteiger partial charge in [0.25, 0.3) is 0 Å². The number of aliphatic hydroxyl groups excluding tert-OH is 1. The SMILES string of the molecule is CC[C@H](F)CNc1ncc(-c2ccc(N3CCN(C)CC3=O)cn2)c(NC2CCC(O)CC2)n1.O=C(O)C(F)(F)F. The van der Waals surface area contributed by atoms with Crippen molar-refractivity contribution in [2.24, 2.45) is 0 Å². The van der Waals surface area contributed by atoms with Crippen LogP contribution < -0.4 is 15.5 Å². The molecule has 1 saturated carbocycles. The average molecular weight is 586 g/mol. The highest BCUT2D eigenvalue weighted by molar-refractivity contribution is 5.95. The van der Waals surface area contributed by atoms with E-state index in [1.807, 2.05) is 24.1 Å². The molecule has 11 nitrogen and oxygen atoms in total. The average Bonchev–Trinajstić information content (AvgIpc) is 2.93. The lowest BCUT2D eigenvalue weighted by Crippen LogP contribution is -2.48. The monoisotopic (exact) mass is 585 g/mol. The number of pyridine rings is 1. The summed E-state index contributed by atoms with van der Waals surface area (Å²) in [4.78, 5) is 38.7. The first-order chi connectivity index (χ1) is 19.4. The Morgan fingerprint density at radius 2 is 1.83 bits per heavy atom. The molecule has 2 aromatic heterocycles. The first-order valence-electron chi connectivity index (χ1n) is 13.3. The molecule has 1 saturated heterocycles. The van der Waals surface area contributed by atoms with Gasteiger partial charge in [0.15, 0.2) is 0 Å². The lowest BCUT2D eigenvalue weighted by atomic mass is 9.93. The lowest BCUT2D eigenvalue weighted by molar-refractivity contribution is -0.192. The molecule has 3 heterocycles. The highest BCUT2D eigenvalue weighted by atomic mass is 19.4. The van der Waals surface area contributed by atoms with Gasteiger partial charge in [-0.2, -0.15) is 18.2 Å². The molecule has 41 heavy (non-hydrogen) atoms. The summed E-state index contributed by atoms with van der Waals surface area (Å²) in [5.41, 5.74) is 2.19. The summed E-state index contributed by atoms with van der Waals surface area (Å²) < 4.78 is 45.5. The molecule has 1 aliphatic heterocycles. The van der Waals surface area contributed by atoms with Crippen molar-refractivity contribution in [3.8, 4) is 11.3 Å². The number of carboxylic acid groups (broad SMARTS) is 1. The molecule has 0 spiro atoms. The second-order valence-corrected chi connectivity index (χ2v) is 9.98. The van der Waals surface area contributed by atoms with Crippen LogP contribution in [0.3, 0.4) is 0 Å². The third kappa shape index (κ3) is 9.49. The summed E-state index contributed by atoms with van der Waals surface area (Å²) >= 11 is 0. The number of nitrogens with one attached hydrogen (secondary N) is 2. The minimum Gasteiger partial charge on any atom is -0.475 e. The fraction of sp³-hybridized carbons (Fsp3) is 0.577. The molecular formula is C26H35F4N7O4. The predicted molar refractivity (Wildman–Crippen MR) is 144 cm³/mol. The number of carbonyl (C=O) groups excluding carboxylic acids is 1. The van der Waals surface area contributed by atoms with Gasteiger partial charge in [-0.05, 0) is 51.3 Å². The Hall–Kier alpha value is -3.59. The Morgan fingerprint density at radius 1 is 1.15 bits per heavy atom. The zero-order valence-corrected chi connectivity index (χ0v) is 22.9. The van der Waals surface area contributed by atoms with E-state index < -0.39 is 18.3 Å². The standard InChI is InChI=1S/C24H34FN7O2.C2HF3O2/c1-3-16(25)12-27-24-28-14-20(23(30-24)29-17-4-7-19(33)8-5-17)21-9-6-18(13-26-21)32-11-10-31(2)15-22(32)34;3-2(4,5)1(6)7/h6,9,13-14,16-17,19,33H,3-5,7-8,10-12,15H2,1-2H3,(H2,27,28,29,30);(H,6,7)/t16-,17?,19?;/m0./s1. The van der Waals surface area contributed by atoms with Crippen molar-refractivity contribution in [1.82, 2.24) is 19.9 Å². The van der Waals surface area contributed by atoms with Crippen molar-refractivity contribution in [2.45, 2.75) is 63.5 Å². The van der Waals surface area contributed by atoms with Gasteiger partial charge in [-0.3, -0.25) is 14.7 Å². The second-order valence-electron chi connectivity index (χ2n) is 9.98. The number of aliphatic carboxylic acids is 1. The van der Waals surface area contributed by atoms with Crippen LogP contribution in [0.4, 0.5) is 35.0 Å². The number of carboxylic acids is 1. The summed E-state index contributed by atoms with van der Waals surface area (Å²) in [6.45, 7) is 3.79. The van der Waals surface area contributed by atoms with Gasteiger partial charge in [0.2, 0.25) is 11.9 Å². The number of nitrogens with zero attached hydrogens (tertiary/aromatic N) is 5. The molecule has 2 aliphatic rings. The van der Waals surface area contributed by atoms with E-state index in [0.29, 0.717) is 37.0 Å². The second kappa shape index (κ2) is 14.3.